The Morgan fingerprint density at radius 3 is 0.971 bits per heavy atom. The molecule has 3 radical (unpaired) electrons. The Balaban J connectivity index is 0.000000280. The molecule has 15 heteroatoms. The van der Waals surface area contributed by atoms with Crippen molar-refractivity contribution in [1.82, 2.24) is 15.0 Å². The number of aliphatic hydroxyl groups excluding tert-OH is 3. The van der Waals surface area contributed by atoms with Gasteiger partial charge >= 0.3 is 0 Å². The number of pyridine rings is 3. The minimum atomic E-state index is -0.125. The maximum atomic E-state index is 10.0. The number of furan rings is 3. The van der Waals surface area contributed by atoms with E-state index in [4.69, 9.17) is 28.6 Å². The van der Waals surface area contributed by atoms with Crippen molar-refractivity contribution in [3.63, 3.8) is 0 Å². The van der Waals surface area contributed by atoms with E-state index in [0.717, 1.165) is 95.1 Å². The van der Waals surface area contributed by atoms with Gasteiger partial charge in [-0.3, -0.25) is 14.4 Å². The quantitative estimate of drug-likeness (QED) is 0.0531. The van der Waals surface area contributed by atoms with Crippen LogP contribution in [0.4, 0.5) is 0 Å². The van der Waals surface area contributed by atoms with E-state index in [1.807, 2.05) is 85.2 Å². The van der Waals surface area contributed by atoms with Crippen LogP contribution in [0.5, 0.6) is 0 Å². The molecule has 0 aliphatic heterocycles. The molecule has 102 heavy (non-hydrogen) atoms. The maximum absolute atomic E-state index is 10.0. The van der Waals surface area contributed by atoms with Crippen LogP contribution in [-0.2, 0) is 74.7 Å². The number of carbonyl (C=O) groups excluding carboxylic acids is 3. The van der Waals surface area contributed by atoms with Gasteiger partial charge in [0.2, 0.25) is 0 Å². The zero-order chi connectivity index (χ0) is 72.0. The number of nitrogens with zero attached hydrogens (tertiary/aromatic N) is 3. The topological polar surface area (TPSA) is 190 Å². The first-order valence-electron chi connectivity index (χ1n) is 33.3. The Morgan fingerprint density at radius 2 is 0.686 bits per heavy atom. The fourth-order valence-corrected chi connectivity index (χ4v) is 10.6. The molecule has 3 N–H and O–H groups in total. The third-order valence-corrected chi connectivity index (χ3v) is 15.5. The first-order chi connectivity index (χ1) is 47.1. The van der Waals surface area contributed by atoms with Gasteiger partial charge in [0.25, 0.3) is 0 Å². The maximum Gasteiger partial charge on any atom is 0.155 e. The third kappa shape index (κ3) is 25.5. The van der Waals surface area contributed by atoms with E-state index in [9.17, 15) is 14.4 Å². The molecular weight excluding hydrogens is 1810 g/mol. The molecule has 0 amide bonds. The number of carbonyl (C=O) groups is 3. The molecule has 6 heterocycles. The predicted molar refractivity (Wildman–Crippen MR) is 403 cm³/mol. The monoisotopic (exact) mass is 1900 g/mol. The van der Waals surface area contributed by atoms with Crippen molar-refractivity contribution >= 4 is 50.3 Å². The van der Waals surface area contributed by atoms with Crippen molar-refractivity contribution in [3.05, 3.63) is 270 Å². The second kappa shape index (κ2) is 41.2. The molecule has 0 aliphatic rings. The summed E-state index contributed by atoms with van der Waals surface area (Å²) in [6, 6.07) is 67.9. The summed E-state index contributed by atoms with van der Waals surface area (Å²) >= 11 is 0. The fraction of sp³-hybridized carbons (Fsp3) is 0.241. The van der Waals surface area contributed by atoms with Crippen LogP contribution in [0.3, 0.4) is 0 Å². The van der Waals surface area contributed by atoms with E-state index in [2.05, 4.69) is 199 Å². The molecule has 12 rings (SSSR count). The first kappa shape index (κ1) is 85.4. The summed E-state index contributed by atoms with van der Waals surface area (Å²) in [5, 5.41) is 28.3. The summed E-state index contributed by atoms with van der Waals surface area (Å²) < 4.78 is 18.4. The number of hydrogen-bond acceptors (Lipinski definition) is 12. The van der Waals surface area contributed by atoms with Gasteiger partial charge in [0.1, 0.15) is 17.3 Å². The molecule has 0 bridgehead atoms. The molecule has 6 aromatic heterocycles. The van der Waals surface area contributed by atoms with Crippen LogP contribution in [0.2, 0.25) is 0 Å². The van der Waals surface area contributed by atoms with Gasteiger partial charge < -0.3 is 43.5 Å². The first-order valence-corrected chi connectivity index (χ1v) is 33.3. The van der Waals surface area contributed by atoms with Crippen LogP contribution in [0.15, 0.2) is 237 Å². The summed E-state index contributed by atoms with van der Waals surface area (Å²) in [5.74, 6) is 4.85. The number of aliphatic hydroxyl groups is 3. The van der Waals surface area contributed by atoms with E-state index < -0.39 is 0 Å². The molecule has 12 aromatic rings. The Morgan fingerprint density at radius 1 is 0.363 bits per heavy atom. The summed E-state index contributed by atoms with van der Waals surface area (Å²) in [4.78, 5) is 43.7. The average molecular weight is 1900 g/mol. The molecule has 12 nitrogen and oxygen atoms in total. The molecule has 0 aliphatic carbocycles. The Kier molecular flexibility index (Phi) is 34.5. The van der Waals surface area contributed by atoms with Crippen molar-refractivity contribution < 1.29 is 103 Å². The molecule has 6 aromatic carbocycles. The summed E-state index contributed by atoms with van der Waals surface area (Å²) in [5.41, 5.74) is 18.3. The molecule has 0 fully saturated rings. The Hall–Kier alpha value is -9.03. The normalized spacial score (nSPS) is 11.2. The fourth-order valence-electron chi connectivity index (χ4n) is 10.6. The van der Waals surface area contributed by atoms with E-state index in [1.54, 1.807) is 6.20 Å². The summed E-state index contributed by atoms with van der Waals surface area (Å²) in [7, 11) is 0. The molecule has 0 atom stereocenters. The minimum Gasteiger partial charge on any atom is -0.512 e. The third-order valence-electron chi connectivity index (χ3n) is 15.5. The molecule has 0 saturated carbocycles. The average Bonchev–Trinajstić information content (AvgIpc) is 1.62. The number of aromatic nitrogens is 3. The van der Waals surface area contributed by atoms with E-state index in [0.29, 0.717) is 29.6 Å². The van der Waals surface area contributed by atoms with Gasteiger partial charge in [0.15, 0.2) is 34.1 Å². The number of hydrogen-bond donors (Lipinski definition) is 3. The van der Waals surface area contributed by atoms with Crippen molar-refractivity contribution in [1.29, 1.82) is 0 Å². The summed E-state index contributed by atoms with van der Waals surface area (Å²) in [6.45, 7) is 30.8. The number of allylic oxidation sites excluding steroid dienone is 6. The van der Waals surface area contributed by atoms with Crippen LogP contribution in [0.1, 0.15) is 168 Å². The van der Waals surface area contributed by atoms with Crippen LogP contribution in [-0.4, -0.2) is 47.6 Å². The zero-order valence-corrected chi connectivity index (χ0v) is 67.8. The molecule has 0 unspecified atom stereocenters. The Bertz CT molecular complexity index is 4630. The SMILES string of the molecule is CC(=O)C=C(C)O.CC(=O)C=C(C)O.CC(=O)C=C(C)O.CC(C)c1cc(-c2cc3cc(-c4[c-]cccc4)ncc3o2)cc(C(C)C)c1.CC(C)c1ccc(-c2cc3cc(-c4[c-]cccc4)ncc3o2)cc1.CC(C)c1cccc(C(C)C)c1-c1cc2cc(-c3[c-]cccc3)ncc2o1.[Ir].[Ir].[Ir]. The number of ketones is 3. The predicted octanol–water partition coefficient (Wildman–Crippen LogP) is 23.6. The van der Waals surface area contributed by atoms with Gasteiger partial charge in [-0.1, -0.05) is 136 Å². The molecular formula is C87H90Ir3N3O9-3. The number of fused-ring (bicyclic) bond motifs is 3. The van der Waals surface area contributed by atoms with Gasteiger partial charge in [-0.2, -0.15) is 0 Å². The van der Waals surface area contributed by atoms with Crippen molar-refractivity contribution in [2.24, 2.45) is 0 Å². The largest absolute Gasteiger partial charge is 0.512 e. The van der Waals surface area contributed by atoms with E-state index in [-0.39, 0.29) is 94.9 Å². The van der Waals surface area contributed by atoms with E-state index >= 15 is 0 Å². The molecule has 0 saturated heterocycles. The number of rotatable bonds is 14. The van der Waals surface area contributed by atoms with Gasteiger partial charge in [-0.05, 0) is 146 Å². The minimum absolute atomic E-state index is 0. The van der Waals surface area contributed by atoms with Gasteiger partial charge in [-0.15, -0.1) is 108 Å². The van der Waals surface area contributed by atoms with Crippen LogP contribution in [0, 0.1) is 18.2 Å². The van der Waals surface area contributed by atoms with Gasteiger partial charge in [0, 0.05) is 111 Å². The van der Waals surface area contributed by atoms with Gasteiger partial charge in [-0.25, -0.2) is 0 Å². The zero-order valence-electron chi connectivity index (χ0n) is 60.6. The number of benzene rings is 6. The van der Waals surface area contributed by atoms with Crippen molar-refractivity contribution in [3.8, 4) is 67.7 Å². The van der Waals surface area contributed by atoms with Crippen molar-refractivity contribution in [2.45, 2.75) is 140 Å². The Labute approximate surface area is 641 Å². The summed E-state index contributed by atoms with van der Waals surface area (Å²) in [6.07, 6.45) is 8.92. The van der Waals surface area contributed by atoms with Crippen molar-refractivity contribution in [2.75, 3.05) is 0 Å². The van der Waals surface area contributed by atoms with Gasteiger partial charge in [0.05, 0.1) is 35.9 Å². The standard InChI is InChI=1S/2C25H24NO.C22H18NO.3C5H8O2.3Ir/c1-16(2)20-11-8-12-21(17(3)4)25(20)23-14-19-13-22(26-15-24(19)27-23)18-9-6-5-7-10-18;1-16(2)19-10-20(17(3)4)12-21(11-19)24-14-22-13-23(26-15-25(22)27-24)18-8-6-5-7-9-18;1-15(2)16-8-10-18(11-9-16)21-13-19-12-20(23-14-22(19)24-21)17-6-4-3-5-7-17;3*1-4(6)3-5(2)7;;;/h5-9,11-17H,1-4H3;5-8,10-17H,1-4H3;3-6,8-15H,1-2H3;3*3,6H,1-2H3;;;/q3*-1;;;;;;. The van der Waals surface area contributed by atoms with Crippen LogP contribution in [0.25, 0.3) is 101 Å². The second-order valence-corrected chi connectivity index (χ2v) is 25.8. The molecule has 537 valence electrons. The smallest absolute Gasteiger partial charge is 0.155 e. The van der Waals surface area contributed by atoms with E-state index in [1.165, 1.54) is 93.2 Å². The van der Waals surface area contributed by atoms with Crippen LogP contribution >= 0.6 is 0 Å². The molecule has 0 spiro atoms. The van der Waals surface area contributed by atoms with Crippen LogP contribution < -0.4 is 0 Å². The second-order valence-electron chi connectivity index (χ2n) is 25.8.